The first-order chi connectivity index (χ1) is 7.67. The largest absolute Gasteiger partial charge is 0.461 e. The van der Waals surface area contributed by atoms with Gasteiger partial charge < -0.3 is 9.47 Å². The number of aryl methyl sites for hydroxylation is 1. The molecule has 0 fully saturated rings. The average molecular weight is 226 g/mol. The van der Waals surface area contributed by atoms with E-state index in [9.17, 15) is 9.18 Å². The molecular weight excluding hydrogens is 211 g/mol. The zero-order valence-corrected chi connectivity index (χ0v) is 9.40. The molecule has 0 saturated heterocycles. The lowest BCUT2D eigenvalue weighted by Gasteiger charge is -2.10. The van der Waals surface area contributed by atoms with E-state index in [0.29, 0.717) is 5.75 Å². The van der Waals surface area contributed by atoms with Gasteiger partial charge in [0.2, 0.25) is 0 Å². The Morgan fingerprint density at radius 3 is 2.44 bits per heavy atom. The molecule has 1 aromatic rings. The van der Waals surface area contributed by atoms with Crippen molar-refractivity contribution in [3.63, 3.8) is 0 Å². The van der Waals surface area contributed by atoms with Crippen LogP contribution >= 0.6 is 0 Å². The maximum absolute atomic E-state index is 13.2. The van der Waals surface area contributed by atoms with Crippen LogP contribution < -0.4 is 4.74 Å². The number of hydrogen-bond donors (Lipinski definition) is 0. The van der Waals surface area contributed by atoms with Crippen molar-refractivity contribution in [2.45, 2.75) is 26.6 Å². The molecule has 0 aliphatic carbocycles. The van der Waals surface area contributed by atoms with Gasteiger partial charge in [0.15, 0.2) is 0 Å². The molecular formula is C12H15FO3. The SMILES string of the molecule is CCOC(=O)C(F)Oc1ccc(CC)cc1. The van der Waals surface area contributed by atoms with E-state index >= 15 is 0 Å². The molecule has 0 radical (unpaired) electrons. The van der Waals surface area contributed by atoms with Crippen LogP contribution in [0.25, 0.3) is 0 Å². The Morgan fingerprint density at radius 2 is 1.94 bits per heavy atom. The summed E-state index contributed by atoms with van der Waals surface area (Å²) in [5.74, 6) is -0.681. The van der Waals surface area contributed by atoms with Gasteiger partial charge in [0.05, 0.1) is 6.61 Å². The molecule has 0 bridgehead atoms. The molecule has 1 rings (SSSR count). The summed E-state index contributed by atoms with van der Waals surface area (Å²) in [6.07, 6.45) is -1.16. The number of hydrogen-bond acceptors (Lipinski definition) is 3. The molecule has 1 atom stereocenters. The monoisotopic (exact) mass is 226 g/mol. The molecule has 0 saturated carbocycles. The Balaban J connectivity index is 2.55. The fraction of sp³-hybridized carbons (Fsp3) is 0.417. The van der Waals surface area contributed by atoms with Crippen LogP contribution in [-0.4, -0.2) is 18.9 Å². The van der Waals surface area contributed by atoms with E-state index in [1.54, 1.807) is 19.1 Å². The molecule has 16 heavy (non-hydrogen) atoms. The number of carbonyl (C=O) groups is 1. The first kappa shape index (κ1) is 12.5. The van der Waals surface area contributed by atoms with Crippen molar-refractivity contribution in [3.05, 3.63) is 29.8 Å². The Bertz CT molecular complexity index is 335. The van der Waals surface area contributed by atoms with Gasteiger partial charge in [-0.2, -0.15) is 4.39 Å². The third kappa shape index (κ3) is 3.53. The number of halogens is 1. The van der Waals surface area contributed by atoms with Crippen molar-refractivity contribution in [3.8, 4) is 5.75 Å². The molecule has 0 amide bonds. The van der Waals surface area contributed by atoms with Gasteiger partial charge in [-0.1, -0.05) is 19.1 Å². The number of benzene rings is 1. The summed E-state index contributed by atoms with van der Waals surface area (Å²) in [5, 5.41) is 0. The second-order valence-corrected chi connectivity index (χ2v) is 3.18. The van der Waals surface area contributed by atoms with E-state index in [1.165, 1.54) is 0 Å². The maximum atomic E-state index is 13.2. The van der Waals surface area contributed by atoms with Gasteiger partial charge in [-0.25, -0.2) is 4.79 Å². The maximum Gasteiger partial charge on any atom is 0.381 e. The van der Waals surface area contributed by atoms with E-state index in [2.05, 4.69) is 4.74 Å². The van der Waals surface area contributed by atoms with Gasteiger partial charge >= 0.3 is 12.3 Å². The van der Waals surface area contributed by atoms with Crippen LogP contribution in [0.5, 0.6) is 5.75 Å². The highest BCUT2D eigenvalue weighted by atomic mass is 19.1. The molecule has 0 aliphatic rings. The molecule has 0 heterocycles. The van der Waals surface area contributed by atoms with Crippen molar-refractivity contribution in [1.29, 1.82) is 0 Å². The predicted molar refractivity (Wildman–Crippen MR) is 58.0 cm³/mol. The Morgan fingerprint density at radius 1 is 1.31 bits per heavy atom. The summed E-state index contributed by atoms with van der Waals surface area (Å²) in [6.45, 7) is 3.77. The molecule has 3 nitrogen and oxygen atoms in total. The molecule has 1 unspecified atom stereocenters. The van der Waals surface area contributed by atoms with Gasteiger partial charge in [-0.3, -0.25) is 0 Å². The van der Waals surface area contributed by atoms with Crippen LogP contribution in [-0.2, 0) is 16.0 Å². The fourth-order valence-corrected chi connectivity index (χ4v) is 1.18. The third-order valence-electron chi connectivity index (χ3n) is 2.04. The molecule has 88 valence electrons. The lowest BCUT2D eigenvalue weighted by atomic mass is 10.2. The third-order valence-corrected chi connectivity index (χ3v) is 2.04. The van der Waals surface area contributed by atoms with Crippen LogP contribution in [0.2, 0.25) is 0 Å². The van der Waals surface area contributed by atoms with Crippen LogP contribution in [0, 0.1) is 0 Å². The van der Waals surface area contributed by atoms with E-state index in [-0.39, 0.29) is 6.61 Å². The summed E-state index contributed by atoms with van der Waals surface area (Å²) in [7, 11) is 0. The standard InChI is InChI=1S/C12H15FO3/c1-3-9-5-7-10(8-6-9)16-11(13)12(14)15-4-2/h5-8,11H,3-4H2,1-2H3. The van der Waals surface area contributed by atoms with Gasteiger partial charge in [0.25, 0.3) is 0 Å². The molecule has 0 aliphatic heterocycles. The number of carbonyl (C=O) groups excluding carboxylic acids is 1. The zero-order valence-electron chi connectivity index (χ0n) is 9.40. The Kier molecular flexibility index (Phi) is 4.76. The summed E-state index contributed by atoms with van der Waals surface area (Å²) in [6, 6.07) is 6.91. The van der Waals surface area contributed by atoms with Gasteiger partial charge in [-0.05, 0) is 31.0 Å². The molecule has 0 aromatic heterocycles. The lowest BCUT2D eigenvalue weighted by Crippen LogP contribution is -2.24. The Hall–Kier alpha value is -1.58. The van der Waals surface area contributed by atoms with E-state index in [1.807, 2.05) is 19.1 Å². The minimum absolute atomic E-state index is 0.136. The van der Waals surface area contributed by atoms with Crippen molar-refractivity contribution in [2.24, 2.45) is 0 Å². The first-order valence-electron chi connectivity index (χ1n) is 5.23. The molecule has 0 spiro atoms. The topological polar surface area (TPSA) is 35.5 Å². The second kappa shape index (κ2) is 6.10. The molecule has 1 aromatic carbocycles. The van der Waals surface area contributed by atoms with Gasteiger partial charge in [0.1, 0.15) is 5.75 Å². The van der Waals surface area contributed by atoms with E-state index in [0.717, 1.165) is 12.0 Å². The Labute approximate surface area is 94.2 Å². The number of alkyl halides is 1. The zero-order chi connectivity index (χ0) is 12.0. The lowest BCUT2D eigenvalue weighted by molar-refractivity contribution is -0.159. The summed E-state index contributed by atoms with van der Waals surface area (Å²) < 4.78 is 22.4. The minimum atomic E-state index is -2.06. The van der Waals surface area contributed by atoms with E-state index in [4.69, 9.17) is 4.74 Å². The fourth-order valence-electron chi connectivity index (χ4n) is 1.18. The van der Waals surface area contributed by atoms with Crippen LogP contribution in [0.3, 0.4) is 0 Å². The smallest absolute Gasteiger partial charge is 0.381 e. The van der Waals surface area contributed by atoms with Gasteiger partial charge in [-0.15, -0.1) is 0 Å². The molecule has 0 N–H and O–H groups in total. The van der Waals surface area contributed by atoms with E-state index < -0.39 is 12.3 Å². The van der Waals surface area contributed by atoms with Crippen molar-refractivity contribution in [1.82, 2.24) is 0 Å². The number of rotatable bonds is 5. The summed E-state index contributed by atoms with van der Waals surface area (Å²) in [4.78, 5) is 10.9. The molecule has 4 heteroatoms. The van der Waals surface area contributed by atoms with Crippen molar-refractivity contribution < 1.29 is 18.7 Å². The van der Waals surface area contributed by atoms with Crippen molar-refractivity contribution in [2.75, 3.05) is 6.61 Å². The predicted octanol–water partition coefficient (Wildman–Crippen LogP) is 2.49. The second-order valence-electron chi connectivity index (χ2n) is 3.18. The summed E-state index contributed by atoms with van der Waals surface area (Å²) in [5.41, 5.74) is 1.12. The highest BCUT2D eigenvalue weighted by Crippen LogP contribution is 2.15. The van der Waals surface area contributed by atoms with Crippen molar-refractivity contribution >= 4 is 5.97 Å². The number of esters is 1. The van der Waals surface area contributed by atoms with Crippen LogP contribution in [0.1, 0.15) is 19.4 Å². The normalized spacial score (nSPS) is 11.9. The number of ether oxygens (including phenoxy) is 2. The minimum Gasteiger partial charge on any atom is -0.461 e. The quantitative estimate of drug-likeness (QED) is 0.723. The highest BCUT2D eigenvalue weighted by Gasteiger charge is 2.19. The van der Waals surface area contributed by atoms with Crippen LogP contribution in [0.4, 0.5) is 4.39 Å². The first-order valence-corrected chi connectivity index (χ1v) is 5.23. The summed E-state index contributed by atoms with van der Waals surface area (Å²) >= 11 is 0. The highest BCUT2D eigenvalue weighted by molar-refractivity contribution is 5.73. The average Bonchev–Trinajstić information content (AvgIpc) is 2.30. The van der Waals surface area contributed by atoms with Gasteiger partial charge in [0, 0.05) is 0 Å². The van der Waals surface area contributed by atoms with Crippen LogP contribution in [0.15, 0.2) is 24.3 Å².